The first kappa shape index (κ1) is 19.2. The first-order valence-electron chi connectivity index (χ1n) is 9.30. The molecule has 0 aromatic heterocycles. The van der Waals surface area contributed by atoms with Crippen molar-refractivity contribution in [1.29, 1.82) is 0 Å². The number of amides is 1. The van der Waals surface area contributed by atoms with Gasteiger partial charge in [-0.25, -0.2) is 8.42 Å². The molecule has 7 heteroatoms. The second kappa shape index (κ2) is 7.56. The van der Waals surface area contributed by atoms with E-state index in [-0.39, 0.29) is 10.8 Å². The van der Waals surface area contributed by atoms with Gasteiger partial charge in [0.1, 0.15) is 11.8 Å². The largest absolute Gasteiger partial charge is 0.497 e. The van der Waals surface area contributed by atoms with E-state index in [4.69, 9.17) is 4.74 Å². The second-order valence-corrected chi connectivity index (χ2v) is 9.27. The number of benzene rings is 1. The molecule has 1 atom stereocenters. The first-order valence-corrected chi connectivity index (χ1v) is 10.7. The smallest absolute Gasteiger partial charge is 0.244 e. The van der Waals surface area contributed by atoms with Crippen LogP contribution in [0.3, 0.4) is 0 Å². The molecule has 0 N–H and O–H groups in total. The Morgan fingerprint density at radius 3 is 2.46 bits per heavy atom. The molecule has 1 amide bonds. The van der Waals surface area contributed by atoms with E-state index < -0.39 is 16.1 Å². The number of ether oxygens (including phenoxy) is 1. The summed E-state index contributed by atoms with van der Waals surface area (Å²) in [7, 11) is -2.15. The van der Waals surface area contributed by atoms with Crippen molar-refractivity contribution in [3.05, 3.63) is 23.8 Å². The average molecular weight is 381 g/mol. The zero-order chi connectivity index (χ0) is 18.9. The number of rotatable bonds is 4. The molecule has 0 radical (unpaired) electrons. The van der Waals surface area contributed by atoms with Crippen molar-refractivity contribution in [2.45, 2.75) is 50.5 Å². The fraction of sp³-hybridized carbons (Fsp3) is 0.632. The monoisotopic (exact) mass is 380 g/mol. The summed E-state index contributed by atoms with van der Waals surface area (Å²) in [4.78, 5) is 15.1. The van der Waals surface area contributed by atoms with Gasteiger partial charge in [-0.1, -0.05) is 6.92 Å². The Morgan fingerprint density at radius 2 is 1.85 bits per heavy atom. The number of likely N-dealkylation sites (tertiary alicyclic amines) is 1. The highest BCUT2D eigenvalue weighted by Gasteiger charge is 2.42. The lowest BCUT2D eigenvalue weighted by atomic mass is 9.98. The van der Waals surface area contributed by atoms with Crippen LogP contribution in [0.1, 0.15) is 38.2 Å². The minimum absolute atomic E-state index is 0.0378. The van der Waals surface area contributed by atoms with E-state index in [2.05, 4.69) is 6.92 Å². The maximum absolute atomic E-state index is 13.2. The molecule has 2 heterocycles. The summed E-state index contributed by atoms with van der Waals surface area (Å²) in [5, 5.41) is 0. The Hall–Kier alpha value is -1.60. The molecule has 2 fully saturated rings. The van der Waals surface area contributed by atoms with Gasteiger partial charge < -0.3 is 9.64 Å². The van der Waals surface area contributed by atoms with Crippen molar-refractivity contribution in [2.75, 3.05) is 26.7 Å². The Kier molecular flexibility index (Phi) is 5.58. The van der Waals surface area contributed by atoms with E-state index in [0.717, 1.165) is 32.4 Å². The number of hydrogen-bond acceptors (Lipinski definition) is 4. The van der Waals surface area contributed by atoms with Crippen molar-refractivity contribution in [3.63, 3.8) is 0 Å². The number of methoxy groups -OCH3 is 1. The van der Waals surface area contributed by atoms with E-state index >= 15 is 0 Å². The fourth-order valence-electron chi connectivity index (χ4n) is 3.88. The second-order valence-electron chi connectivity index (χ2n) is 7.41. The van der Waals surface area contributed by atoms with Gasteiger partial charge in [0.15, 0.2) is 0 Å². The van der Waals surface area contributed by atoms with Gasteiger partial charge in [-0.15, -0.1) is 0 Å². The Morgan fingerprint density at radius 1 is 1.15 bits per heavy atom. The molecule has 0 spiro atoms. The van der Waals surface area contributed by atoms with E-state index in [1.54, 1.807) is 32.2 Å². The van der Waals surface area contributed by atoms with Crippen molar-refractivity contribution in [2.24, 2.45) is 5.92 Å². The van der Waals surface area contributed by atoms with Crippen LogP contribution in [0, 0.1) is 12.8 Å². The lowest BCUT2D eigenvalue weighted by Crippen LogP contribution is -2.49. The van der Waals surface area contributed by atoms with Crippen LogP contribution in [-0.2, 0) is 14.8 Å². The predicted molar refractivity (Wildman–Crippen MR) is 99.6 cm³/mol. The van der Waals surface area contributed by atoms with Gasteiger partial charge in [0.05, 0.1) is 12.0 Å². The zero-order valence-corrected chi connectivity index (χ0v) is 16.6. The van der Waals surface area contributed by atoms with Crippen LogP contribution in [-0.4, -0.2) is 56.3 Å². The van der Waals surface area contributed by atoms with Crippen molar-refractivity contribution in [3.8, 4) is 5.75 Å². The van der Waals surface area contributed by atoms with Gasteiger partial charge in [-0.3, -0.25) is 4.79 Å². The minimum atomic E-state index is -3.71. The summed E-state index contributed by atoms with van der Waals surface area (Å²) < 4.78 is 33.0. The standard InChI is InChI=1S/C19H28N2O4S/c1-14-8-11-20(12-9-14)19(22)17-5-4-10-21(17)26(23,24)18-7-6-16(25-3)13-15(18)2/h6-7,13-14,17H,4-5,8-12H2,1-3H3/t17-/m0/s1. The third-order valence-corrected chi connectivity index (χ3v) is 7.62. The van der Waals surface area contributed by atoms with Gasteiger partial charge in [0.2, 0.25) is 15.9 Å². The number of carbonyl (C=O) groups excluding carboxylic acids is 1. The molecule has 144 valence electrons. The maximum atomic E-state index is 13.2. The molecule has 3 rings (SSSR count). The highest BCUT2D eigenvalue weighted by molar-refractivity contribution is 7.89. The summed E-state index contributed by atoms with van der Waals surface area (Å²) in [6.07, 6.45) is 3.29. The van der Waals surface area contributed by atoms with Gasteiger partial charge >= 0.3 is 0 Å². The van der Waals surface area contributed by atoms with Crippen LogP contribution in [0.5, 0.6) is 5.75 Å². The van der Waals surface area contributed by atoms with Crippen LogP contribution in [0.4, 0.5) is 0 Å². The lowest BCUT2D eigenvalue weighted by molar-refractivity contribution is -0.135. The topological polar surface area (TPSA) is 66.9 Å². The van der Waals surface area contributed by atoms with Crippen molar-refractivity contribution >= 4 is 15.9 Å². The molecule has 0 bridgehead atoms. The fourth-order valence-corrected chi connectivity index (χ4v) is 5.74. The predicted octanol–water partition coefficient (Wildman–Crippen LogP) is 2.42. The number of hydrogen-bond donors (Lipinski definition) is 0. The van der Waals surface area contributed by atoms with Crippen molar-refractivity contribution in [1.82, 2.24) is 9.21 Å². The summed E-state index contributed by atoms with van der Waals surface area (Å²) in [5.41, 5.74) is 0.634. The summed E-state index contributed by atoms with van der Waals surface area (Å²) in [6, 6.07) is 4.37. The van der Waals surface area contributed by atoms with Crippen molar-refractivity contribution < 1.29 is 17.9 Å². The van der Waals surface area contributed by atoms with Crippen LogP contribution in [0.25, 0.3) is 0 Å². The number of nitrogens with zero attached hydrogens (tertiary/aromatic N) is 2. The number of carbonyl (C=O) groups is 1. The highest BCUT2D eigenvalue weighted by atomic mass is 32.2. The van der Waals surface area contributed by atoms with Crippen LogP contribution >= 0.6 is 0 Å². The van der Waals surface area contributed by atoms with Crippen LogP contribution < -0.4 is 4.74 Å². The highest BCUT2D eigenvalue weighted by Crippen LogP contribution is 2.31. The lowest BCUT2D eigenvalue weighted by Gasteiger charge is -2.34. The van der Waals surface area contributed by atoms with Gasteiger partial charge in [0.25, 0.3) is 0 Å². The van der Waals surface area contributed by atoms with Gasteiger partial charge in [-0.2, -0.15) is 4.31 Å². The molecular formula is C19H28N2O4S. The third-order valence-electron chi connectivity index (χ3n) is 5.55. The molecule has 6 nitrogen and oxygen atoms in total. The van der Waals surface area contributed by atoms with Crippen LogP contribution in [0.2, 0.25) is 0 Å². The molecule has 0 aliphatic carbocycles. The van der Waals surface area contributed by atoms with E-state index in [1.807, 2.05) is 4.90 Å². The summed E-state index contributed by atoms with van der Waals surface area (Å²) >= 11 is 0. The van der Waals surface area contributed by atoms with E-state index in [0.29, 0.717) is 30.2 Å². The number of piperidine rings is 1. The Balaban J connectivity index is 1.83. The maximum Gasteiger partial charge on any atom is 0.244 e. The Bertz CT molecular complexity index is 770. The molecule has 1 aromatic rings. The first-order chi connectivity index (χ1) is 12.3. The molecule has 2 aliphatic rings. The Labute approximate surface area is 156 Å². The zero-order valence-electron chi connectivity index (χ0n) is 15.8. The molecule has 1 aromatic carbocycles. The summed E-state index contributed by atoms with van der Waals surface area (Å²) in [5.74, 6) is 1.21. The average Bonchev–Trinajstić information content (AvgIpc) is 3.12. The molecular weight excluding hydrogens is 352 g/mol. The van der Waals surface area contributed by atoms with Gasteiger partial charge in [0, 0.05) is 19.6 Å². The van der Waals surface area contributed by atoms with Gasteiger partial charge in [-0.05, 0) is 62.3 Å². The van der Waals surface area contributed by atoms with Crippen LogP contribution in [0.15, 0.2) is 23.1 Å². The molecule has 0 unspecified atom stereocenters. The molecule has 2 aliphatic heterocycles. The normalized spacial score (nSPS) is 22.6. The third kappa shape index (κ3) is 3.60. The number of sulfonamides is 1. The minimum Gasteiger partial charge on any atom is -0.497 e. The summed E-state index contributed by atoms with van der Waals surface area (Å²) in [6.45, 7) is 5.81. The van der Waals surface area contributed by atoms with E-state index in [1.165, 1.54) is 4.31 Å². The molecule has 26 heavy (non-hydrogen) atoms. The van der Waals surface area contributed by atoms with E-state index in [9.17, 15) is 13.2 Å². The molecule has 0 saturated carbocycles. The number of aryl methyl sites for hydroxylation is 1. The molecule has 2 saturated heterocycles. The quantitative estimate of drug-likeness (QED) is 0.805. The SMILES string of the molecule is COc1ccc(S(=O)(=O)N2CCC[C@H]2C(=O)N2CCC(C)CC2)c(C)c1.